The number of amides is 1. The average Bonchev–Trinajstić information content (AvgIpc) is 2.47. The molecule has 0 aliphatic carbocycles. The van der Waals surface area contributed by atoms with Gasteiger partial charge < -0.3 is 11.1 Å². The van der Waals surface area contributed by atoms with Crippen LogP contribution in [0.1, 0.15) is 21.5 Å². The highest BCUT2D eigenvalue weighted by molar-refractivity contribution is 6.02. The van der Waals surface area contributed by atoms with Crippen molar-refractivity contribution in [3.8, 4) is 0 Å². The molecule has 0 saturated carbocycles. The summed E-state index contributed by atoms with van der Waals surface area (Å²) in [6.45, 7) is 0.576. The molecule has 1 heterocycles. The van der Waals surface area contributed by atoms with Crippen molar-refractivity contribution in [2.24, 2.45) is 5.73 Å². The van der Waals surface area contributed by atoms with E-state index in [-0.39, 0.29) is 11.7 Å². The number of nitrogen functional groups attached to an aromatic ring is 1. The van der Waals surface area contributed by atoms with Gasteiger partial charge in [0.2, 0.25) is 0 Å². The van der Waals surface area contributed by atoms with E-state index in [0.29, 0.717) is 17.7 Å². The number of nitrogens with one attached hydrogen (secondary N) is 2. The second-order valence-corrected chi connectivity index (χ2v) is 2.97. The van der Waals surface area contributed by atoms with Crippen LogP contribution in [0.2, 0.25) is 0 Å². The number of fused-ring (bicyclic) bond motifs is 1. The number of hydrogen-bond donors (Lipinski definition) is 3. The van der Waals surface area contributed by atoms with Gasteiger partial charge in [-0.1, -0.05) is 12.1 Å². The molecule has 4 nitrogen and oxygen atoms in total. The van der Waals surface area contributed by atoms with Crippen molar-refractivity contribution in [3.05, 3.63) is 34.9 Å². The summed E-state index contributed by atoms with van der Waals surface area (Å²) in [6.07, 6.45) is 0. The third-order valence-corrected chi connectivity index (χ3v) is 2.10. The minimum Gasteiger partial charge on any atom is -0.384 e. The summed E-state index contributed by atoms with van der Waals surface area (Å²) in [6, 6.07) is 5.23. The predicted octanol–water partition coefficient (Wildman–Crippen LogP) is 0.214. The van der Waals surface area contributed by atoms with Crippen molar-refractivity contribution in [2.75, 3.05) is 0 Å². The standard InChI is InChI=1S/C9H9N3O/c10-8(11)5-1-2-6-4-12-9(13)7(6)3-5/h1-3H,4H2,(H3,10,11)(H,12,13). The quantitative estimate of drug-likeness (QED) is 0.421. The lowest BCUT2D eigenvalue weighted by molar-refractivity contribution is 0.0966. The second kappa shape index (κ2) is 2.58. The largest absolute Gasteiger partial charge is 0.384 e. The molecular weight excluding hydrogens is 166 g/mol. The van der Waals surface area contributed by atoms with Gasteiger partial charge in [-0.3, -0.25) is 10.2 Å². The lowest BCUT2D eigenvalue weighted by Crippen LogP contribution is -2.14. The Hall–Kier alpha value is -1.84. The van der Waals surface area contributed by atoms with Crippen molar-refractivity contribution >= 4 is 11.7 Å². The fourth-order valence-corrected chi connectivity index (χ4v) is 1.38. The van der Waals surface area contributed by atoms with E-state index in [9.17, 15) is 4.79 Å². The van der Waals surface area contributed by atoms with E-state index in [2.05, 4.69) is 5.32 Å². The maximum absolute atomic E-state index is 11.2. The highest BCUT2D eigenvalue weighted by Crippen LogP contribution is 2.16. The monoisotopic (exact) mass is 175 g/mol. The number of nitrogens with two attached hydrogens (primary N) is 1. The van der Waals surface area contributed by atoms with Gasteiger partial charge in [0.25, 0.3) is 5.91 Å². The second-order valence-electron chi connectivity index (χ2n) is 2.97. The van der Waals surface area contributed by atoms with E-state index in [1.54, 1.807) is 12.1 Å². The van der Waals surface area contributed by atoms with E-state index in [4.69, 9.17) is 11.1 Å². The van der Waals surface area contributed by atoms with Gasteiger partial charge in [0.05, 0.1) is 0 Å². The zero-order valence-electron chi connectivity index (χ0n) is 6.92. The van der Waals surface area contributed by atoms with Crippen LogP contribution in [0.3, 0.4) is 0 Å². The Morgan fingerprint density at radius 3 is 3.00 bits per heavy atom. The molecule has 0 aromatic heterocycles. The van der Waals surface area contributed by atoms with E-state index < -0.39 is 0 Å². The molecule has 0 spiro atoms. The molecule has 0 bridgehead atoms. The maximum atomic E-state index is 11.2. The van der Waals surface area contributed by atoms with Crippen molar-refractivity contribution in [1.82, 2.24) is 5.32 Å². The summed E-state index contributed by atoms with van der Waals surface area (Å²) in [5, 5.41) is 9.91. The number of benzene rings is 1. The zero-order chi connectivity index (χ0) is 9.42. The van der Waals surface area contributed by atoms with Crippen LogP contribution in [0.15, 0.2) is 18.2 Å². The van der Waals surface area contributed by atoms with Crippen LogP contribution >= 0.6 is 0 Å². The van der Waals surface area contributed by atoms with E-state index in [1.807, 2.05) is 6.07 Å². The number of rotatable bonds is 1. The van der Waals surface area contributed by atoms with Gasteiger partial charge in [0, 0.05) is 17.7 Å². The zero-order valence-corrected chi connectivity index (χ0v) is 6.92. The molecule has 1 aliphatic heterocycles. The molecule has 66 valence electrons. The Balaban J connectivity index is 2.54. The molecule has 1 aliphatic rings. The average molecular weight is 175 g/mol. The minimum atomic E-state index is -0.0851. The Kier molecular flexibility index (Phi) is 1.55. The first-order valence-corrected chi connectivity index (χ1v) is 3.94. The summed E-state index contributed by atoms with van der Waals surface area (Å²) >= 11 is 0. The highest BCUT2D eigenvalue weighted by atomic mass is 16.1. The first-order valence-electron chi connectivity index (χ1n) is 3.94. The number of amidine groups is 1. The van der Waals surface area contributed by atoms with Crippen LogP contribution in [-0.2, 0) is 6.54 Å². The molecule has 0 fully saturated rings. The van der Waals surface area contributed by atoms with Crippen LogP contribution < -0.4 is 11.1 Å². The van der Waals surface area contributed by atoms with E-state index in [0.717, 1.165) is 5.56 Å². The molecule has 0 radical (unpaired) electrons. The molecule has 0 unspecified atom stereocenters. The van der Waals surface area contributed by atoms with Crippen LogP contribution in [0.25, 0.3) is 0 Å². The Morgan fingerprint density at radius 2 is 2.31 bits per heavy atom. The van der Waals surface area contributed by atoms with Gasteiger partial charge >= 0.3 is 0 Å². The lowest BCUT2D eigenvalue weighted by Gasteiger charge is -1.99. The maximum Gasteiger partial charge on any atom is 0.251 e. The number of carbonyl (C=O) groups is 1. The fourth-order valence-electron chi connectivity index (χ4n) is 1.38. The van der Waals surface area contributed by atoms with Gasteiger partial charge in [-0.15, -0.1) is 0 Å². The Labute approximate surface area is 75.3 Å². The van der Waals surface area contributed by atoms with Crippen LogP contribution in [0.4, 0.5) is 0 Å². The van der Waals surface area contributed by atoms with Gasteiger partial charge in [0.1, 0.15) is 5.84 Å². The van der Waals surface area contributed by atoms with Crippen molar-refractivity contribution in [3.63, 3.8) is 0 Å². The van der Waals surface area contributed by atoms with Crippen molar-refractivity contribution < 1.29 is 4.79 Å². The predicted molar refractivity (Wildman–Crippen MR) is 48.6 cm³/mol. The van der Waals surface area contributed by atoms with Gasteiger partial charge in [-0.05, 0) is 11.6 Å². The minimum absolute atomic E-state index is 0.0116. The topological polar surface area (TPSA) is 79.0 Å². The Morgan fingerprint density at radius 1 is 1.54 bits per heavy atom. The van der Waals surface area contributed by atoms with Crippen molar-refractivity contribution in [1.29, 1.82) is 5.41 Å². The smallest absolute Gasteiger partial charge is 0.251 e. The first kappa shape index (κ1) is 7.79. The van der Waals surface area contributed by atoms with Crippen molar-refractivity contribution in [2.45, 2.75) is 6.54 Å². The van der Waals surface area contributed by atoms with Crippen LogP contribution in [0.5, 0.6) is 0 Å². The SMILES string of the molecule is N=C(N)c1ccc2c(c1)C(=O)NC2. The molecule has 4 heteroatoms. The van der Waals surface area contributed by atoms with E-state index in [1.165, 1.54) is 0 Å². The molecule has 1 aromatic rings. The summed E-state index contributed by atoms with van der Waals surface area (Å²) < 4.78 is 0. The normalized spacial score (nSPS) is 13.7. The van der Waals surface area contributed by atoms with E-state index >= 15 is 0 Å². The van der Waals surface area contributed by atoms with Gasteiger partial charge in [-0.25, -0.2) is 0 Å². The molecule has 13 heavy (non-hydrogen) atoms. The highest BCUT2D eigenvalue weighted by Gasteiger charge is 2.18. The molecule has 1 amide bonds. The molecule has 0 atom stereocenters. The van der Waals surface area contributed by atoms with Gasteiger partial charge in [-0.2, -0.15) is 0 Å². The molecule has 0 saturated heterocycles. The molecule has 1 aromatic carbocycles. The third-order valence-electron chi connectivity index (χ3n) is 2.10. The number of carbonyl (C=O) groups excluding carboxylic acids is 1. The molecule has 2 rings (SSSR count). The van der Waals surface area contributed by atoms with Crippen LogP contribution in [-0.4, -0.2) is 11.7 Å². The molecular formula is C9H9N3O. The third kappa shape index (κ3) is 1.16. The summed E-state index contributed by atoms with van der Waals surface area (Å²) in [5.74, 6) is -0.0967. The number of hydrogen-bond acceptors (Lipinski definition) is 2. The van der Waals surface area contributed by atoms with Crippen LogP contribution in [0, 0.1) is 5.41 Å². The summed E-state index contributed by atoms with van der Waals surface area (Å²) in [4.78, 5) is 11.2. The fraction of sp³-hybridized carbons (Fsp3) is 0.111. The molecule has 4 N–H and O–H groups in total. The van der Waals surface area contributed by atoms with Gasteiger partial charge in [0.15, 0.2) is 0 Å². The summed E-state index contributed by atoms with van der Waals surface area (Å²) in [7, 11) is 0. The Bertz CT molecular complexity index is 398. The lowest BCUT2D eigenvalue weighted by atomic mass is 10.1. The first-order chi connectivity index (χ1) is 6.18. The summed E-state index contributed by atoms with van der Waals surface area (Å²) in [5.41, 5.74) is 7.50.